The molecule has 0 bridgehead atoms. The molecule has 1 fully saturated rings. The number of carbonyl (C=O) groups is 2. The third kappa shape index (κ3) is 5.57. The predicted octanol–water partition coefficient (Wildman–Crippen LogP) is 2.54. The number of likely N-dealkylation sites (tertiary alicyclic amines) is 1. The number of piperidine rings is 1. The van der Waals surface area contributed by atoms with Crippen LogP contribution in [0.1, 0.15) is 30.4 Å². The summed E-state index contributed by atoms with van der Waals surface area (Å²) in [5.41, 5.74) is 15.0. The van der Waals surface area contributed by atoms with Crippen molar-refractivity contribution in [3.8, 4) is 0 Å². The Labute approximate surface area is 165 Å². The minimum atomic E-state index is -0.193. The lowest BCUT2D eigenvalue weighted by Crippen LogP contribution is -2.38. The summed E-state index contributed by atoms with van der Waals surface area (Å²) in [5.74, 6) is -0.218. The Morgan fingerprint density at radius 2 is 1.82 bits per heavy atom. The van der Waals surface area contributed by atoms with Gasteiger partial charge < -0.3 is 16.8 Å². The van der Waals surface area contributed by atoms with Crippen LogP contribution in [0.25, 0.3) is 0 Å². The number of para-hydroxylation sites is 1. The van der Waals surface area contributed by atoms with Crippen molar-refractivity contribution in [3.63, 3.8) is 0 Å². The number of nitrogen functional groups attached to an aromatic ring is 1. The molecule has 0 aliphatic carbocycles. The Hall–Kier alpha value is -2.86. The van der Waals surface area contributed by atoms with Crippen molar-refractivity contribution >= 4 is 23.2 Å². The van der Waals surface area contributed by atoms with Crippen molar-refractivity contribution in [1.29, 1.82) is 0 Å². The second-order valence-electron chi connectivity index (χ2n) is 7.40. The lowest BCUT2D eigenvalue weighted by atomic mass is 9.96. The number of primary amides is 1. The number of rotatable bonds is 7. The van der Waals surface area contributed by atoms with Gasteiger partial charge in [-0.15, -0.1) is 0 Å². The zero-order valence-electron chi connectivity index (χ0n) is 16.1. The van der Waals surface area contributed by atoms with Gasteiger partial charge in [-0.3, -0.25) is 14.5 Å². The Morgan fingerprint density at radius 1 is 1.07 bits per heavy atom. The summed E-state index contributed by atoms with van der Waals surface area (Å²) in [6.07, 6.45) is 2.63. The minimum Gasteiger partial charge on any atom is -0.399 e. The molecule has 148 valence electrons. The van der Waals surface area contributed by atoms with Crippen LogP contribution in [0, 0.1) is 5.92 Å². The van der Waals surface area contributed by atoms with E-state index in [1.807, 2.05) is 42.5 Å². The first-order valence-electron chi connectivity index (χ1n) is 9.75. The first kappa shape index (κ1) is 19.9. The Kier molecular flexibility index (Phi) is 6.66. The maximum absolute atomic E-state index is 12.3. The normalized spacial score (nSPS) is 15.3. The molecule has 2 aromatic carbocycles. The lowest BCUT2D eigenvalue weighted by molar-refractivity contribution is -0.123. The van der Waals surface area contributed by atoms with Crippen LogP contribution in [0.4, 0.5) is 11.4 Å². The van der Waals surface area contributed by atoms with E-state index in [4.69, 9.17) is 11.5 Å². The van der Waals surface area contributed by atoms with Gasteiger partial charge in [-0.1, -0.05) is 30.3 Å². The highest BCUT2D eigenvalue weighted by Gasteiger charge is 2.22. The minimum absolute atomic E-state index is 0.000485. The number of nitrogens with two attached hydrogens (primary N) is 2. The number of amides is 2. The van der Waals surface area contributed by atoms with E-state index in [9.17, 15) is 9.59 Å². The summed E-state index contributed by atoms with van der Waals surface area (Å²) < 4.78 is 0. The van der Waals surface area contributed by atoms with Crippen LogP contribution in [0.5, 0.6) is 0 Å². The van der Waals surface area contributed by atoms with Gasteiger partial charge in [0.05, 0.1) is 0 Å². The molecule has 0 atom stereocenters. The van der Waals surface area contributed by atoms with E-state index in [-0.39, 0.29) is 17.7 Å². The quantitative estimate of drug-likeness (QED) is 0.643. The largest absolute Gasteiger partial charge is 0.399 e. The topological polar surface area (TPSA) is 101 Å². The van der Waals surface area contributed by atoms with Crippen LogP contribution in [0.3, 0.4) is 0 Å². The van der Waals surface area contributed by atoms with Crippen LogP contribution in [-0.2, 0) is 22.6 Å². The number of aryl methyl sites for hydroxylation is 1. The fourth-order valence-corrected chi connectivity index (χ4v) is 3.61. The molecule has 1 aliphatic rings. The van der Waals surface area contributed by atoms with Crippen molar-refractivity contribution < 1.29 is 9.59 Å². The smallest absolute Gasteiger partial charge is 0.224 e. The third-order valence-corrected chi connectivity index (χ3v) is 5.28. The number of benzene rings is 2. The molecule has 3 rings (SSSR count). The molecule has 1 aliphatic heterocycles. The fourth-order valence-electron chi connectivity index (χ4n) is 3.61. The van der Waals surface area contributed by atoms with Crippen molar-refractivity contribution in [2.45, 2.75) is 32.2 Å². The zero-order valence-corrected chi connectivity index (χ0v) is 16.1. The average Bonchev–Trinajstić information content (AvgIpc) is 2.68. The van der Waals surface area contributed by atoms with E-state index < -0.39 is 0 Å². The second-order valence-corrected chi connectivity index (χ2v) is 7.40. The van der Waals surface area contributed by atoms with Gasteiger partial charge in [0, 0.05) is 30.3 Å². The fraction of sp³-hybridized carbons (Fsp3) is 0.364. The molecule has 0 spiro atoms. The molecule has 2 aromatic rings. The number of carbonyl (C=O) groups excluding carboxylic acids is 2. The molecule has 6 heteroatoms. The number of hydrogen-bond donors (Lipinski definition) is 3. The monoisotopic (exact) mass is 380 g/mol. The molecule has 5 N–H and O–H groups in total. The molecule has 1 saturated heterocycles. The van der Waals surface area contributed by atoms with Crippen molar-refractivity contribution in [2.24, 2.45) is 11.7 Å². The SMILES string of the molecule is NC(=O)C1CCN(Cc2cccc(NC(=O)CCc3ccccc3N)c2)CC1. The summed E-state index contributed by atoms with van der Waals surface area (Å²) in [5, 5.41) is 2.97. The van der Waals surface area contributed by atoms with E-state index in [0.29, 0.717) is 12.8 Å². The highest BCUT2D eigenvalue weighted by atomic mass is 16.2. The number of nitrogens with one attached hydrogen (secondary N) is 1. The maximum Gasteiger partial charge on any atom is 0.224 e. The molecular formula is C22H28N4O2. The first-order valence-corrected chi connectivity index (χ1v) is 9.75. The Balaban J connectivity index is 1.50. The van der Waals surface area contributed by atoms with Crippen molar-refractivity contribution in [2.75, 3.05) is 24.1 Å². The molecule has 0 saturated carbocycles. The van der Waals surface area contributed by atoms with Gasteiger partial charge in [0.2, 0.25) is 11.8 Å². The van der Waals surface area contributed by atoms with Crippen molar-refractivity contribution in [3.05, 3.63) is 59.7 Å². The zero-order chi connectivity index (χ0) is 19.9. The van der Waals surface area contributed by atoms with Gasteiger partial charge in [-0.05, 0) is 61.7 Å². The molecule has 0 radical (unpaired) electrons. The van der Waals surface area contributed by atoms with Crippen LogP contribution in [0.2, 0.25) is 0 Å². The van der Waals surface area contributed by atoms with Crippen LogP contribution in [0.15, 0.2) is 48.5 Å². The molecule has 28 heavy (non-hydrogen) atoms. The summed E-state index contributed by atoms with van der Waals surface area (Å²) in [6.45, 7) is 2.53. The van der Waals surface area contributed by atoms with Gasteiger partial charge in [-0.2, -0.15) is 0 Å². The van der Waals surface area contributed by atoms with Gasteiger partial charge >= 0.3 is 0 Å². The van der Waals surface area contributed by atoms with Crippen molar-refractivity contribution in [1.82, 2.24) is 4.90 Å². The molecule has 1 heterocycles. The summed E-state index contributed by atoms with van der Waals surface area (Å²) in [6, 6.07) is 15.5. The Morgan fingerprint density at radius 3 is 2.54 bits per heavy atom. The number of nitrogens with zero attached hydrogens (tertiary/aromatic N) is 1. The molecule has 6 nitrogen and oxygen atoms in total. The van der Waals surface area contributed by atoms with Crippen LogP contribution >= 0.6 is 0 Å². The Bertz CT molecular complexity index is 829. The van der Waals surface area contributed by atoms with E-state index in [0.717, 1.165) is 55.0 Å². The molecule has 0 aromatic heterocycles. The van der Waals surface area contributed by atoms with Crippen LogP contribution < -0.4 is 16.8 Å². The summed E-state index contributed by atoms with van der Waals surface area (Å²) in [7, 11) is 0. The first-order chi connectivity index (χ1) is 13.5. The van der Waals surface area contributed by atoms with E-state index in [2.05, 4.69) is 16.3 Å². The standard InChI is InChI=1S/C22H28N4O2/c23-20-7-2-1-5-17(20)8-9-21(27)25-19-6-3-4-16(14-19)15-26-12-10-18(11-13-26)22(24)28/h1-7,14,18H,8-13,15,23H2,(H2,24,28)(H,25,27). The van der Waals surface area contributed by atoms with Gasteiger partial charge in [-0.25, -0.2) is 0 Å². The summed E-state index contributed by atoms with van der Waals surface area (Å²) in [4.78, 5) is 25.9. The number of hydrogen-bond acceptors (Lipinski definition) is 4. The molecule has 0 unspecified atom stereocenters. The number of anilines is 2. The van der Waals surface area contributed by atoms with Gasteiger partial charge in [0.1, 0.15) is 0 Å². The highest BCUT2D eigenvalue weighted by molar-refractivity contribution is 5.91. The van der Waals surface area contributed by atoms with E-state index >= 15 is 0 Å². The summed E-state index contributed by atoms with van der Waals surface area (Å²) >= 11 is 0. The predicted molar refractivity (Wildman–Crippen MR) is 111 cm³/mol. The second kappa shape index (κ2) is 9.37. The van der Waals surface area contributed by atoms with Crippen LogP contribution in [-0.4, -0.2) is 29.8 Å². The molecular weight excluding hydrogens is 352 g/mol. The maximum atomic E-state index is 12.3. The van der Waals surface area contributed by atoms with E-state index in [1.165, 1.54) is 0 Å². The third-order valence-electron chi connectivity index (χ3n) is 5.28. The highest BCUT2D eigenvalue weighted by Crippen LogP contribution is 2.20. The molecule has 2 amide bonds. The van der Waals surface area contributed by atoms with Gasteiger partial charge in [0.25, 0.3) is 0 Å². The lowest BCUT2D eigenvalue weighted by Gasteiger charge is -2.30. The van der Waals surface area contributed by atoms with Gasteiger partial charge in [0.15, 0.2) is 0 Å². The average molecular weight is 380 g/mol. The van der Waals surface area contributed by atoms with E-state index in [1.54, 1.807) is 0 Å².